The summed E-state index contributed by atoms with van der Waals surface area (Å²) in [7, 11) is 0. The fourth-order valence-electron chi connectivity index (χ4n) is 4.41. The molecule has 160 valence electrons. The zero-order valence-corrected chi connectivity index (χ0v) is 18.1. The van der Waals surface area contributed by atoms with Crippen LogP contribution in [-0.2, 0) is 4.74 Å². The molecule has 31 heavy (non-hydrogen) atoms. The molecule has 0 radical (unpaired) electrons. The molecule has 8 heteroatoms. The van der Waals surface area contributed by atoms with E-state index in [-0.39, 0.29) is 12.1 Å². The second-order valence-corrected chi connectivity index (χ2v) is 8.17. The minimum atomic E-state index is -0.0243. The maximum absolute atomic E-state index is 5.82. The second kappa shape index (κ2) is 9.13. The van der Waals surface area contributed by atoms with Crippen molar-refractivity contribution in [1.29, 1.82) is 0 Å². The Bertz CT molecular complexity index is 1010. The summed E-state index contributed by atoms with van der Waals surface area (Å²) in [5.74, 6) is 0. The van der Waals surface area contributed by atoms with Gasteiger partial charge in [0.05, 0.1) is 42.9 Å². The topological polar surface area (TPSA) is 58.5 Å². The van der Waals surface area contributed by atoms with Gasteiger partial charge in [0.15, 0.2) is 5.11 Å². The van der Waals surface area contributed by atoms with Gasteiger partial charge in [0, 0.05) is 50.5 Å². The average molecular weight is 435 g/mol. The van der Waals surface area contributed by atoms with E-state index in [0.29, 0.717) is 0 Å². The highest BCUT2D eigenvalue weighted by atomic mass is 32.1. The van der Waals surface area contributed by atoms with E-state index in [1.54, 1.807) is 6.20 Å². The molecule has 2 saturated heterocycles. The molecule has 0 bridgehead atoms. The van der Waals surface area contributed by atoms with Crippen LogP contribution in [-0.4, -0.2) is 68.8 Å². The molecular formula is C23H26N6OS. The van der Waals surface area contributed by atoms with Crippen molar-refractivity contribution in [1.82, 2.24) is 29.7 Å². The number of nitrogens with zero attached hydrogens (tertiary/aromatic N) is 5. The molecule has 0 aromatic carbocycles. The molecule has 3 aromatic rings. The van der Waals surface area contributed by atoms with E-state index >= 15 is 0 Å². The molecular weight excluding hydrogens is 408 g/mol. The normalized spacial score (nSPS) is 21.9. The van der Waals surface area contributed by atoms with Crippen LogP contribution < -0.4 is 5.32 Å². The van der Waals surface area contributed by atoms with Crippen LogP contribution in [0.2, 0.25) is 0 Å². The van der Waals surface area contributed by atoms with E-state index in [4.69, 9.17) is 17.0 Å². The Morgan fingerprint density at radius 1 is 1.03 bits per heavy atom. The lowest BCUT2D eigenvalue weighted by atomic mass is 10.0. The lowest BCUT2D eigenvalue weighted by Crippen LogP contribution is -2.42. The summed E-state index contributed by atoms with van der Waals surface area (Å²) in [6.45, 7) is 5.32. The third-order valence-electron chi connectivity index (χ3n) is 5.97. The third-order valence-corrected chi connectivity index (χ3v) is 6.32. The van der Waals surface area contributed by atoms with Gasteiger partial charge in [0.1, 0.15) is 0 Å². The number of thiocarbonyl (C=S) groups is 1. The van der Waals surface area contributed by atoms with Crippen molar-refractivity contribution in [2.45, 2.75) is 12.1 Å². The predicted octanol–water partition coefficient (Wildman–Crippen LogP) is 2.57. The summed E-state index contributed by atoms with van der Waals surface area (Å²) in [4.78, 5) is 13.7. The minimum Gasteiger partial charge on any atom is -0.379 e. The van der Waals surface area contributed by atoms with Crippen LogP contribution in [0.1, 0.15) is 23.5 Å². The number of hydrogen-bond donors (Lipinski definition) is 1. The van der Waals surface area contributed by atoms with Crippen molar-refractivity contribution in [2.24, 2.45) is 0 Å². The summed E-state index contributed by atoms with van der Waals surface area (Å²) in [6, 6.07) is 14.3. The van der Waals surface area contributed by atoms with Crippen molar-refractivity contribution in [3.05, 3.63) is 78.6 Å². The van der Waals surface area contributed by atoms with E-state index in [1.165, 1.54) is 0 Å². The Kier molecular flexibility index (Phi) is 5.93. The SMILES string of the molecule is S=C1N[C@@H](c2ccccn2)[C@@H](c2cccn2-c2cccnc2)N1CCN1CCOCC1. The quantitative estimate of drug-likeness (QED) is 0.599. The Balaban J connectivity index is 1.49. The molecule has 2 aliphatic rings. The molecule has 3 aromatic heterocycles. The maximum atomic E-state index is 5.82. The number of pyridine rings is 2. The van der Waals surface area contributed by atoms with Crippen LogP contribution >= 0.6 is 12.2 Å². The zero-order chi connectivity index (χ0) is 21.0. The molecule has 2 aliphatic heterocycles. The van der Waals surface area contributed by atoms with Crippen molar-refractivity contribution in [2.75, 3.05) is 39.4 Å². The standard InChI is InChI=1S/C23H26N6OS/c31-23-26-21(19-6-1-2-9-25-19)22(29(23)12-11-27-13-15-30-16-14-27)20-7-4-10-28(20)18-5-3-8-24-17-18/h1-10,17,21-22H,11-16H2,(H,26,31)/t21-,22+/m0/s1. The summed E-state index contributed by atoms with van der Waals surface area (Å²) in [6.07, 6.45) is 7.61. The van der Waals surface area contributed by atoms with Crippen LogP contribution in [0.5, 0.6) is 0 Å². The smallest absolute Gasteiger partial charge is 0.170 e. The Morgan fingerprint density at radius 3 is 2.71 bits per heavy atom. The summed E-state index contributed by atoms with van der Waals surface area (Å²) >= 11 is 5.82. The highest BCUT2D eigenvalue weighted by Gasteiger charge is 2.41. The monoisotopic (exact) mass is 434 g/mol. The number of rotatable bonds is 6. The average Bonchev–Trinajstić information content (AvgIpc) is 3.44. The molecule has 7 nitrogen and oxygen atoms in total. The lowest BCUT2D eigenvalue weighted by Gasteiger charge is -2.32. The van der Waals surface area contributed by atoms with Gasteiger partial charge in [-0.3, -0.25) is 14.9 Å². The fourth-order valence-corrected chi connectivity index (χ4v) is 4.74. The number of morpholine rings is 1. The molecule has 0 spiro atoms. The van der Waals surface area contributed by atoms with Gasteiger partial charge in [-0.2, -0.15) is 0 Å². The molecule has 0 unspecified atom stereocenters. The van der Waals surface area contributed by atoms with Gasteiger partial charge in [-0.1, -0.05) is 6.07 Å². The van der Waals surface area contributed by atoms with Crippen LogP contribution in [0.15, 0.2) is 67.3 Å². The molecule has 5 heterocycles. The van der Waals surface area contributed by atoms with Gasteiger partial charge in [-0.25, -0.2) is 0 Å². The first-order chi connectivity index (χ1) is 15.3. The van der Waals surface area contributed by atoms with Gasteiger partial charge in [-0.05, 0) is 48.6 Å². The van der Waals surface area contributed by atoms with Crippen LogP contribution in [0.4, 0.5) is 0 Å². The summed E-state index contributed by atoms with van der Waals surface area (Å²) in [5.41, 5.74) is 3.19. The third kappa shape index (κ3) is 4.19. The lowest BCUT2D eigenvalue weighted by molar-refractivity contribution is 0.0349. The summed E-state index contributed by atoms with van der Waals surface area (Å²) < 4.78 is 7.70. The van der Waals surface area contributed by atoms with Gasteiger partial charge in [0.2, 0.25) is 0 Å². The zero-order valence-electron chi connectivity index (χ0n) is 17.3. The van der Waals surface area contributed by atoms with Gasteiger partial charge >= 0.3 is 0 Å². The largest absolute Gasteiger partial charge is 0.379 e. The number of nitrogens with one attached hydrogen (secondary N) is 1. The van der Waals surface area contributed by atoms with Crippen molar-refractivity contribution in [3.63, 3.8) is 0 Å². The number of hydrogen-bond acceptors (Lipinski definition) is 5. The first-order valence-corrected chi connectivity index (χ1v) is 11.1. The highest BCUT2D eigenvalue weighted by molar-refractivity contribution is 7.80. The van der Waals surface area contributed by atoms with Crippen LogP contribution in [0.25, 0.3) is 5.69 Å². The fraction of sp³-hybridized carbons (Fsp3) is 0.348. The van der Waals surface area contributed by atoms with Gasteiger partial charge in [0.25, 0.3) is 0 Å². The molecule has 1 N–H and O–H groups in total. The molecule has 0 amide bonds. The second-order valence-electron chi connectivity index (χ2n) is 7.79. The minimum absolute atomic E-state index is 0.0243. The van der Waals surface area contributed by atoms with E-state index in [1.807, 2.05) is 30.6 Å². The maximum Gasteiger partial charge on any atom is 0.170 e. The van der Waals surface area contributed by atoms with E-state index in [0.717, 1.165) is 61.6 Å². The molecule has 5 rings (SSSR count). The Labute approximate surface area is 187 Å². The van der Waals surface area contributed by atoms with E-state index in [2.05, 4.69) is 60.1 Å². The van der Waals surface area contributed by atoms with Crippen molar-refractivity contribution < 1.29 is 4.74 Å². The first kappa shape index (κ1) is 20.1. The van der Waals surface area contributed by atoms with Crippen LogP contribution in [0, 0.1) is 0 Å². The van der Waals surface area contributed by atoms with Crippen molar-refractivity contribution in [3.8, 4) is 5.69 Å². The molecule has 2 atom stereocenters. The molecule has 2 fully saturated rings. The molecule has 0 saturated carbocycles. The van der Waals surface area contributed by atoms with Gasteiger partial charge < -0.3 is 19.5 Å². The summed E-state index contributed by atoms with van der Waals surface area (Å²) in [5, 5.41) is 4.32. The van der Waals surface area contributed by atoms with E-state index in [9.17, 15) is 0 Å². The molecule has 0 aliphatic carbocycles. The van der Waals surface area contributed by atoms with E-state index < -0.39 is 0 Å². The number of ether oxygens (including phenoxy) is 1. The Hall–Kier alpha value is -2.81. The Morgan fingerprint density at radius 2 is 1.94 bits per heavy atom. The first-order valence-electron chi connectivity index (χ1n) is 10.7. The highest BCUT2D eigenvalue weighted by Crippen LogP contribution is 2.39. The van der Waals surface area contributed by atoms with Crippen molar-refractivity contribution >= 4 is 17.3 Å². The predicted molar refractivity (Wildman–Crippen MR) is 123 cm³/mol. The number of aromatic nitrogens is 3. The van der Waals surface area contributed by atoms with Crippen LogP contribution in [0.3, 0.4) is 0 Å². The van der Waals surface area contributed by atoms with Gasteiger partial charge in [-0.15, -0.1) is 0 Å².